The van der Waals surface area contributed by atoms with Crippen LogP contribution in [0.4, 0.5) is 0 Å². The molecule has 3 aromatic rings. The Bertz CT molecular complexity index is 1150. The van der Waals surface area contributed by atoms with Crippen molar-refractivity contribution in [3.05, 3.63) is 107 Å². The van der Waals surface area contributed by atoms with E-state index in [0.717, 1.165) is 35.1 Å². The molecule has 0 aliphatic rings. The van der Waals surface area contributed by atoms with E-state index in [9.17, 15) is 9.90 Å². The van der Waals surface area contributed by atoms with Gasteiger partial charge in [0.2, 0.25) is 0 Å². The highest BCUT2D eigenvalue weighted by atomic mass is 32.1. The maximum absolute atomic E-state index is 11.4. The lowest BCUT2D eigenvalue weighted by Crippen LogP contribution is -2.26. The molecule has 3 rings (SSSR count). The maximum Gasteiger partial charge on any atom is 0.333 e. The van der Waals surface area contributed by atoms with Crippen molar-refractivity contribution in [1.82, 2.24) is 5.32 Å². The topological polar surface area (TPSA) is 67.8 Å². The van der Waals surface area contributed by atoms with E-state index in [1.807, 2.05) is 42.5 Å². The molecular formula is C32H39NO4S. The Kier molecular flexibility index (Phi) is 10.9. The number of carboxylic acid groups (broad SMARTS) is 1. The molecule has 38 heavy (non-hydrogen) atoms. The molecule has 3 aromatic carbocycles. The van der Waals surface area contributed by atoms with Crippen LogP contribution < -0.4 is 5.32 Å². The maximum atomic E-state index is 11.4. The van der Waals surface area contributed by atoms with E-state index >= 15 is 0 Å². The van der Waals surface area contributed by atoms with Crippen molar-refractivity contribution >= 4 is 23.4 Å². The summed E-state index contributed by atoms with van der Waals surface area (Å²) < 4.78 is 11.6. The number of rotatable bonds is 12. The van der Waals surface area contributed by atoms with Gasteiger partial charge in [-0.2, -0.15) is 0 Å². The Morgan fingerprint density at radius 1 is 0.921 bits per heavy atom. The van der Waals surface area contributed by atoms with E-state index in [1.165, 1.54) is 5.56 Å². The lowest BCUT2D eigenvalue weighted by molar-refractivity contribution is -0.149. The molecule has 6 heteroatoms. The monoisotopic (exact) mass is 533 g/mol. The Balaban J connectivity index is 1.58. The Morgan fingerprint density at radius 2 is 1.53 bits per heavy atom. The summed E-state index contributed by atoms with van der Waals surface area (Å²) in [6.07, 6.45) is 0.880. The van der Waals surface area contributed by atoms with Crippen molar-refractivity contribution in [3.63, 3.8) is 0 Å². The van der Waals surface area contributed by atoms with Crippen LogP contribution in [0.2, 0.25) is 0 Å². The van der Waals surface area contributed by atoms with Gasteiger partial charge in [0.1, 0.15) is 6.10 Å². The summed E-state index contributed by atoms with van der Waals surface area (Å²) in [5.41, 5.74) is 5.73. The average Bonchev–Trinajstić information content (AvgIpc) is 2.90. The van der Waals surface area contributed by atoms with E-state index in [-0.39, 0.29) is 11.5 Å². The molecule has 0 spiro atoms. The average molecular weight is 534 g/mol. The number of ether oxygens (including phenoxy) is 2. The second-order valence-corrected chi connectivity index (χ2v) is 10.8. The molecule has 0 heterocycles. The standard InChI is InChI=1S/C32H39NO4S/c1-5-36-29(30(34)35)21-24-13-11-23(12-14-24)17-20-28(26-9-7-6-8-10-26)37-31(38)33-22-25-15-18-27(19-16-25)32(2,3)4/h6-16,18-19,28-29H,5,17,20-22H2,1-4H3,(H,33,38)(H,34,35)/t28-,29+/m1/s1. The Hall–Kier alpha value is -3.22. The van der Waals surface area contributed by atoms with Crippen molar-refractivity contribution in [2.75, 3.05) is 6.61 Å². The Labute approximate surface area is 232 Å². The number of benzene rings is 3. The smallest absolute Gasteiger partial charge is 0.333 e. The number of thiocarbonyl (C=S) groups is 1. The fourth-order valence-electron chi connectivity index (χ4n) is 4.20. The molecule has 2 atom stereocenters. The molecule has 0 aliphatic carbocycles. The van der Waals surface area contributed by atoms with Gasteiger partial charge in [-0.1, -0.05) is 99.6 Å². The van der Waals surface area contributed by atoms with E-state index < -0.39 is 12.1 Å². The third kappa shape index (κ3) is 9.26. The minimum atomic E-state index is -0.940. The van der Waals surface area contributed by atoms with Gasteiger partial charge >= 0.3 is 5.97 Å². The quantitative estimate of drug-likeness (QED) is 0.250. The molecule has 2 N–H and O–H groups in total. The molecule has 0 aliphatic heterocycles. The fourth-order valence-corrected chi connectivity index (χ4v) is 4.39. The number of aliphatic carboxylic acids is 1. The summed E-state index contributed by atoms with van der Waals surface area (Å²) >= 11 is 5.55. The van der Waals surface area contributed by atoms with Crippen LogP contribution in [0.15, 0.2) is 78.9 Å². The number of carbonyl (C=O) groups is 1. The van der Waals surface area contributed by atoms with Crippen molar-refractivity contribution in [2.24, 2.45) is 0 Å². The molecule has 0 fully saturated rings. The van der Waals surface area contributed by atoms with Crippen LogP contribution in [0.5, 0.6) is 0 Å². The molecule has 5 nitrogen and oxygen atoms in total. The summed E-state index contributed by atoms with van der Waals surface area (Å²) in [6.45, 7) is 9.40. The lowest BCUT2D eigenvalue weighted by Gasteiger charge is -2.21. The first-order valence-electron chi connectivity index (χ1n) is 13.2. The molecule has 0 saturated heterocycles. The first kappa shape index (κ1) is 29.3. The normalized spacial score (nSPS) is 12.9. The SMILES string of the molecule is CCO[C@@H](Cc1ccc(CC[C@@H](OC(=S)NCc2ccc(C(C)(C)C)cc2)c2ccccc2)cc1)C(=O)O. The minimum Gasteiger partial charge on any atom is -0.479 e. The van der Waals surface area contributed by atoms with Crippen LogP contribution in [0, 0.1) is 0 Å². The molecule has 0 amide bonds. The first-order valence-corrected chi connectivity index (χ1v) is 13.6. The summed E-state index contributed by atoms with van der Waals surface area (Å²) in [5.74, 6) is -0.940. The summed E-state index contributed by atoms with van der Waals surface area (Å²) in [6, 6.07) is 26.7. The molecule has 0 unspecified atom stereocenters. The molecule has 0 bridgehead atoms. The zero-order chi connectivity index (χ0) is 27.5. The number of aryl methyl sites for hydroxylation is 1. The number of hydrogen-bond donors (Lipinski definition) is 2. The van der Waals surface area contributed by atoms with Gasteiger partial charge in [0.15, 0.2) is 6.10 Å². The minimum absolute atomic E-state index is 0.123. The van der Waals surface area contributed by atoms with Crippen molar-refractivity contribution in [2.45, 2.75) is 71.1 Å². The number of nitrogens with one attached hydrogen (secondary N) is 1. The van der Waals surface area contributed by atoms with Gasteiger partial charge in [-0.05, 0) is 65.2 Å². The van der Waals surface area contributed by atoms with Crippen molar-refractivity contribution in [1.29, 1.82) is 0 Å². The van der Waals surface area contributed by atoms with E-state index in [0.29, 0.717) is 24.7 Å². The van der Waals surface area contributed by atoms with Crippen LogP contribution in [0.1, 0.15) is 68.0 Å². The second-order valence-electron chi connectivity index (χ2n) is 10.4. The van der Waals surface area contributed by atoms with Gasteiger partial charge in [0.25, 0.3) is 5.17 Å². The van der Waals surface area contributed by atoms with E-state index in [1.54, 1.807) is 6.92 Å². The van der Waals surface area contributed by atoms with Crippen molar-refractivity contribution < 1.29 is 19.4 Å². The van der Waals surface area contributed by atoms with Gasteiger partial charge in [-0.25, -0.2) is 4.79 Å². The predicted octanol–water partition coefficient (Wildman–Crippen LogP) is 6.78. The highest BCUT2D eigenvalue weighted by Gasteiger charge is 2.19. The van der Waals surface area contributed by atoms with Gasteiger partial charge in [-0.15, -0.1) is 0 Å². The zero-order valence-electron chi connectivity index (χ0n) is 22.8. The summed E-state index contributed by atoms with van der Waals surface area (Å²) in [5, 5.41) is 13.0. The molecular weight excluding hydrogens is 494 g/mol. The van der Waals surface area contributed by atoms with Gasteiger partial charge in [-0.3, -0.25) is 0 Å². The van der Waals surface area contributed by atoms with Gasteiger partial charge in [0.05, 0.1) is 0 Å². The van der Waals surface area contributed by atoms with Crippen LogP contribution in [0.3, 0.4) is 0 Å². The predicted molar refractivity (Wildman–Crippen MR) is 156 cm³/mol. The summed E-state index contributed by atoms with van der Waals surface area (Å²) in [4.78, 5) is 11.4. The Morgan fingerprint density at radius 3 is 2.11 bits per heavy atom. The molecule has 0 radical (unpaired) electrons. The van der Waals surface area contributed by atoms with Crippen molar-refractivity contribution in [3.8, 4) is 0 Å². The first-order chi connectivity index (χ1) is 18.2. The highest BCUT2D eigenvalue weighted by Crippen LogP contribution is 2.25. The third-order valence-electron chi connectivity index (χ3n) is 6.46. The van der Waals surface area contributed by atoms with Crippen LogP contribution in [-0.4, -0.2) is 29.0 Å². The van der Waals surface area contributed by atoms with Gasteiger partial charge < -0.3 is 19.9 Å². The lowest BCUT2D eigenvalue weighted by atomic mass is 9.87. The fraction of sp³-hybridized carbons (Fsp3) is 0.375. The largest absolute Gasteiger partial charge is 0.479 e. The molecule has 202 valence electrons. The third-order valence-corrected chi connectivity index (χ3v) is 6.70. The summed E-state index contributed by atoms with van der Waals surface area (Å²) in [7, 11) is 0. The van der Waals surface area contributed by atoms with Crippen LogP contribution >= 0.6 is 12.2 Å². The number of hydrogen-bond acceptors (Lipinski definition) is 4. The van der Waals surface area contributed by atoms with E-state index in [4.69, 9.17) is 21.7 Å². The van der Waals surface area contributed by atoms with Crippen LogP contribution in [-0.2, 0) is 39.1 Å². The number of carboxylic acids is 1. The zero-order valence-corrected chi connectivity index (χ0v) is 23.6. The molecule has 0 aromatic heterocycles. The van der Waals surface area contributed by atoms with Gasteiger partial charge in [0, 0.05) is 19.6 Å². The van der Waals surface area contributed by atoms with Crippen LogP contribution in [0.25, 0.3) is 0 Å². The highest BCUT2D eigenvalue weighted by molar-refractivity contribution is 7.80. The molecule has 0 saturated carbocycles. The second kappa shape index (κ2) is 14.1. The van der Waals surface area contributed by atoms with E-state index in [2.05, 4.69) is 62.5 Å².